The summed E-state index contributed by atoms with van der Waals surface area (Å²) >= 11 is 0. The van der Waals surface area contributed by atoms with Crippen LogP contribution < -0.4 is 4.74 Å². The lowest BCUT2D eigenvalue weighted by molar-refractivity contribution is -0.0368. The largest absolute Gasteiger partial charge is 0.468 e. The molecule has 34 heavy (non-hydrogen) atoms. The molecule has 1 aromatic carbocycles. The Kier molecular flexibility index (Phi) is 5.55. The maximum absolute atomic E-state index is 6.80. The topological polar surface area (TPSA) is 51.1 Å². The molecule has 3 aliphatic rings. The van der Waals surface area contributed by atoms with Crippen LogP contribution >= 0.6 is 0 Å². The number of pyridine rings is 3. The van der Waals surface area contributed by atoms with Crippen LogP contribution in [0.4, 0.5) is 0 Å². The van der Waals surface area contributed by atoms with Gasteiger partial charge in [-0.05, 0) is 61.6 Å². The molecule has 0 spiro atoms. The highest BCUT2D eigenvalue weighted by atomic mass is 16.5. The van der Waals surface area contributed by atoms with Gasteiger partial charge >= 0.3 is 0 Å². The number of benzene rings is 1. The van der Waals surface area contributed by atoms with E-state index in [1.54, 1.807) is 6.20 Å². The summed E-state index contributed by atoms with van der Waals surface area (Å²) in [5.74, 6) is 1.84. The maximum Gasteiger partial charge on any atom is 0.214 e. The van der Waals surface area contributed by atoms with E-state index in [1.807, 2.05) is 48.7 Å². The molecule has 5 heteroatoms. The third-order valence-electron chi connectivity index (χ3n) is 7.39. The Morgan fingerprint density at radius 2 is 1.82 bits per heavy atom. The molecule has 170 valence electrons. The molecule has 0 amide bonds. The number of piperidine rings is 3. The fourth-order valence-electron chi connectivity index (χ4n) is 5.67. The first kappa shape index (κ1) is 21.0. The van der Waals surface area contributed by atoms with Crippen molar-refractivity contribution in [2.45, 2.75) is 25.0 Å². The van der Waals surface area contributed by atoms with Crippen LogP contribution in [0.3, 0.4) is 0 Å². The van der Waals surface area contributed by atoms with Crippen LogP contribution in [0.15, 0.2) is 91.8 Å². The second-order valence-corrected chi connectivity index (χ2v) is 9.28. The second kappa shape index (κ2) is 8.99. The minimum Gasteiger partial charge on any atom is -0.468 e. The van der Waals surface area contributed by atoms with Crippen LogP contribution in [0.1, 0.15) is 24.5 Å². The van der Waals surface area contributed by atoms with Gasteiger partial charge in [0, 0.05) is 36.0 Å². The van der Waals surface area contributed by atoms with Crippen LogP contribution in [0.25, 0.3) is 22.3 Å². The summed E-state index contributed by atoms with van der Waals surface area (Å²) < 4.78 is 6.80. The van der Waals surface area contributed by atoms with Crippen LogP contribution in [-0.4, -0.2) is 39.0 Å². The summed E-state index contributed by atoms with van der Waals surface area (Å²) in [6.07, 6.45) is 8.01. The lowest BCUT2D eigenvalue weighted by Gasteiger charge is -2.51. The van der Waals surface area contributed by atoms with Gasteiger partial charge in [-0.3, -0.25) is 14.9 Å². The van der Waals surface area contributed by atoms with Crippen molar-refractivity contribution in [2.24, 2.45) is 11.8 Å². The van der Waals surface area contributed by atoms with Crippen molar-refractivity contribution in [2.75, 3.05) is 13.1 Å². The molecule has 3 aromatic heterocycles. The molecule has 0 saturated carbocycles. The molecule has 5 atom stereocenters. The van der Waals surface area contributed by atoms with Gasteiger partial charge in [-0.25, -0.2) is 4.98 Å². The Hall–Kier alpha value is -3.57. The molecule has 5 nitrogen and oxygen atoms in total. The van der Waals surface area contributed by atoms with Crippen molar-refractivity contribution in [3.8, 4) is 17.3 Å². The summed E-state index contributed by atoms with van der Waals surface area (Å²) in [6.45, 7) is 6.24. The predicted octanol–water partition coefficient (Wildman–Crippen LogP) is 5.71. The molecule has 3 fully saturated rings. The Bertz CT molecular complexity index is 1300. The standard InChI is InChI=1S/C29H28N4O/c1-2-20-19-33-17-14-21(20)18-27(33)29(23-13-16-31-24-9-4-3-8-22(23)24)34-28-12-7-11-26(32-28)25-10-5-6-15-30-25/h2-13,15-16,20-21,27,29H,1,14,17-19H2/t20-,21-,27+,29-/m0/s1. The van der Waals surface area contributed by atoms with Gasteiger partial charge in [0.15, 0.2) is 0 Å². The van der Waals surface area contributed by atoms with Crippen LogP contribution in [0, 0.1) is 11.8 Å². The Morgan fingerprint density at radius 1 is 0.941 bits per heavy atom. The van der Waals surface area contributed by atoms with Gasteiger partial charge < -0.3 is 4.74 Å². The molecule has 4 aromatic rings. The predicted molar refractivity (Wildman–Crippen MR) is 134 cm³/mol. The lowest BCUT2D eigenvalue weighted by Crippen LogP contribution is -2.55. The molecule has 7 rings (SSSR count). The normalized spacial score (nSPS) is 24.6. The molecule has 1 unspecified atom stereocenters. The van der Waals surface area contributed by atoms with Gasteiger partial charge in [-0.2, -0.15) is 0 Å². The molecule has 0 N–H and O–H groups in total. The van der Waals surface area contributed by atoms with Gasteiger partial charge in [0.05, 0.1) is 22.9 Å². The molecule has 0 radical (unpaired) electrons. The van der Waals surface area contributed by atoms with Crippen LogP contribution in [-0.2, 0) is 0 Å². The fourth-order valence-corrected chi connectivity index (χ4v) is 5.67. The van der Waals surface area contributed by atoms with Crippen molar-refractivity contribution in [3.05, 3.63) is 97.3 Å². The highest BCUT2D eigenvalue weighted by Crippen LogP contribution is 2.43. The third-order valence-corrected chi connectivity index (χ3v) is 7.39. The van der Waals surface area contributed by atoms with Crippen molar-refractivity contribution < 1.29 is 4.74 Å². The van der Waals surface area contributed by atoms with Gasteiger partial charge in [0.25, 0.3) is 0 Å². The number of nitrogens with zero attached hydrogens (tertiary/aromatic N) is 4. The number of hydrogen-bond acceptors (Lipinski definition) is 5. The van der Waals surface area contributed by atoms with Crippen molar-refractivity contribution >= 4 is 10.9 Å². The van der Waals surface area contributed by atoms with E-state index in [-0.39, 0.29) is 12.1 Å². The number of rotatable bonds is 6. The van der Waals surface area contributed by atoms with Crippen molar-refractivity contribution in [3.63, 3.8) is 0 Å². The summed E-state index contributed by atoms with van der Waals surface area (Å²) in [5, 5.41) is 1.14. The van der Waals surface area contributed by atoms with Crippen LogP contribution in [0.2, 0.25) is 0 Å². The molecule has 0 aliphatic carbocycles. The average Bonchev–Trinajstić information content (AvgIpc) is 2.92. The highest BCUT2D eigenvalue weighted by Gasteiger charge is 2.44. The Labute approximate surface area is 200 Å². The van der Waals surface area contributed by atoms with Crippen molar-refractivity contribution in [1.82, 2.24) is 19.9 Å². The van der Waals surface area contributed by atoms with Gasteiger partial charge in [-0.1, -0.05) is 36.4 Å². The second-order valence-electron chi connectivity index (χ2n) is 9.28. The van der Waals surface area contributed by atoms with Crippen molar-refractivity contribution in [1.29, 1.82) is 0 Å². The number of aromatic nitrogens is 3. The van der Waals surface area contributed by atoms with E-state index in [2.05, 4.69) is 51.8 Å². The minimum atomic E-state index is -0.145. The van der Waals surface area contributed by atoms with E-state index in [0.29, 0.717) is 17.7 Å². The summed E-state index contributed by atoms with van der Waals surface area (Å²) in [6, 6.07) is 22.5. The average molecular weight is 449 g/mol. The Balaban J connectivity index is 1.41. The summed E-state index contributed by atoms with van der Waals surface area (Å²) in [5.41, 5.74) is 3.81. The molecule has 2 bridgehead atoms. The van der Waals surface area contributed by atoms with E-state index >= 15 is 0 Å². The minimum absolute atomic E-state index is 0.145. The quantitative estimate of drug-likeness (QED) is 0.354. The SMILES string of the molecule is C=C[C@H]1CN2CC[C@H]1C[C@@H]2[C@@H](Oc1cccc(-c2ccccn2)n1)c1ccnc2ccccc12. The zero-order valence-electron chi connectivity index (χ0n) is 19.1. The zero-order valence-corrected chi connectivity index (χ0v) is 19.1. The highest BCUT2D eigenvalue weighted by molar-refractivity contribution is 5.82. The van der Waals surface area contributed by atoms with Gasteiger partial charge in [0.2, 0.25) is 5.88 Å². The number of ether oxygens (including phenoxy) is 1. The third kappa shape index (κ3) is 3.86. The first-order valence-electron chi connectivity index (χ1n) is 12.1. The first-order chi connectivity index (χ1) is 16.8. The van der Waals surface area contributed by atoms with E-state index in [9.17, 15) is 0 Å². The number of fused-ring (bicyclic) bond motifs is 4. The molecular weight excluding hydrogens is 420 g/mol. The summed E-state index contributed by atoms with van der Waals surface area (Å²) in [4.78, 5) is 16.5. The molecular formula is C29H28N4O. The van der Waals surface area contributed by atoms with E-state index < -0.39 is 0 Å². The lowest BCUT2D eigenvalue weighted by atomic mass is 9.73. The molecule has 3 aliphatic heterocycles. The smallest absolute Gasteiger partial charge is 0.214 e. The fraction of sp³-hybridized carbons (Fsp3) is 0.276. The number of para-hydroxylation sites is 1. The monoisotopic (exact) mass is 448 g/mol. The zero-order chi connectivity index (χ0) is 22.9. The maximum atomic E-state index is 6.80. The first-order valence-corrected chi connectivity index (χ1v) is 12.1. The van der Waals surface area contributed by atoms with E-state index in [0.717, 1.165) is 41.8 Å². The molecule has 3 saturated heterocycles. The van der Waals surface area contributed by atoms with E-state index in [4.69, 9.17) is 9.72 Å². The van der Waals surface area contributed by atoms with Crippen LogP contribution in [0.5, 0.6) is 5.88 Å². The Morgan fingerprint density at radius 3 is 2.65 bits per heavy atom. The van der Waals surface area contributed by atoms with Gasteiger partial charge in [0.1, 0.15) is 6.10 Å². The summed E-state index contributed by atoms with van der Waals surface area (Å²) in [7, 11) is 0. The molecule has 6 heterocycles. The van der Waals surface area contributed by atoms with Gasteiger partial charge in [-0.15, -0.1) is 6.58 Å². The van der Waals surface area contributed by atoms with E-state index in [1.165, 1.54) is 12.0 Å². The number of hydrogen-bond donors (Lipinski definition) is 0.